The maximum absolute atomic E-state index is 13.8. The predicted molar refractivity (Wildman–Crippen MR) is 208 cm³/mol. The second-order valence-electron chi connectivity index (χ2n) is 18.6. The number of esters is 2. The van der Waals surface area contributed by atoms with Crippen molar-refractivity contribution in [2.24, 2.45) is 11.3 Å². The fraction of sp³-hybridized carbons (Fsp3) is 0.581. The molecule has 3 aliphatic heterocycles. The molecule has 3 heterocycles. The predicted octanol–water partition coefficient (Wildman–Crippen LogP) is 6.70. The Kier molecular flexibility index (Phi) is 10.6. The molecule has 0 aromatic heterocycles. The third-order valence-electron chi connectivity index (χ3n) is 12.1. The first-order valence-corrected chi connectivity index (χ1v) is 21.5. The summed E-state index contributed by atoms with van der Waals surface area (Å²) in [6.07, 6.45) is 4.61. The van der Waals surface area contributed by atoms with Crippen molar-refractivity contribution < 1.29 is 56.1 Å². The molecule has 2 saturated carbocycles. The Labute approximate surface area is 338 Å². The van der Waals surface area contributed by atoms with Gasteiger partial charge in [0.2, 0.25) is 9.84 Å². The largest absolute Gasteiger partial charge is 0.456 e. The molecule has 6 atom stereocenters. The number of nitrogens with zero attached hydrogens (tertiary/aromatic N) is 2. The van der Waals surface area contributed by atoms with Crippen LogP contribution >= 0.6 is 0 Å². The molecule has 2 aromatic rings. The van der Waals surface area contributed by atoms with Crippen LogP contribution in [0.15, 0.2) is 46.2 Å². The molecule has 0 radical (unpaired) electrons. The first-order valence-electron chi connectivity index (χ1n) is 20.0. The Morgan fingerprint density at radius 2 is 1.22 bits per heavy atom. The highest BCUT2D eigenvalue weighted by molar-refractivity contribution is 7.92. The van der Waals surface area contributed by atoms with E-state index in [-0.39, 0.29) is 44.3 Å². The third-order valence-corrected chi connectivity index (χ3v) is 14.0. The van der Waals surface area contributed by atoms with Gasteiger partial charge in [-0.25, -0.2) is 27.6 Å². The summed E-state index contributed by atoms with van der Waals surface area (Å²) in [5, 5.41) is 0. The second kappa shape index (κ2) is 14.8. The molecule has 312 valence electrons. The summed E-state index contributed by atoms with van der Waals surface area (Å²) in [5.41, 5.74) is -1.15. The quantitative estimate of drug-likeness (QED) is 0.134. The van der Waals surface area contributed by atoms with Crippen molar-refractivity contribution in [3.05, 3.63) is 47.5 Å². The molecule has 14 nitrogen and oxygen atoms in total. The standard InChI is InChI=1S/C43H52N2O12S/c1-41(2,3)56-39(50)44-29-11-8-10-24(29)18-30(44)37(48)54-22-32(46)25-13-15-27-28-16-14-26(20-35(28)58(52,53)34(27)19-25)33(47)23-55-38(49)31-21-43(7)17-9-12-36(43)45(31)40(51)57-42(4,5)6/h13-16,19-20,24,29-31,36H,8-12,17-18,21-23H2,1-7H3. The number of rotatable bonds is 8. The molecule has 0 N–H and O–H groups in total. The Morgan fingerprint density at radius 1 is 0.707 bits per heavy atom. The molecule has 0 bridgehead atoms. The van der Waals surface area contributed by atoms with Crippen molar-refractivity contribution in [2.45, 2.75) is 145 Å². The van der Waals surface area contributed by atoms with E-state index in [1.54, 1.807) is 41.5 Å². The van der Waals surface area contributed by atoms with Gasteiger partial charge in [-0.05, 0) is 104 Å². The molecule has 6 unspecified atom stereocenters. The van der Waals surface area contributed by atoms with E-state index >= 15 is 0 Å². The highest BCUT2D eigenvalue weighted by Crippen LogP contribution is 2.52. The van der Waals surface area contributed by atoms with Crippen LogP contribution in [-0.2, 0) is 38.4 Å². The van der Waals surface area contributed by atoms with Crippen LogP contribution in [-0.4, -0.2) is 102 Å². The number of fused-ring (bicyclic) bond motifs is 5. The molecule has 7 rings (SSSR count). The number of hydrogen-bond acceptors (Lipinski definition) is 12. The zero-order valence-corrected chi connectivity index (χ0v) is 34.9. The van der Waals surface area contributed by atoms with Crippen molar-refractivity contribution >= 4 is 45.5 Å². The number of sulfone groups is 1. The third kappa shape index (κ3) is 7.73. The van der Waals surface area contributed by atoms with Crippen LogP contribution in [0.5, 0.6) is 0 Å². The zero-order chi connectivity index (χ0) is 42.1. The van der Waals surface area contributed by atoms with Gasteiger partial charge >= 0.3 is 24.1 Å². The SMILES string of the molecule is CC(C)(C)OC(=O)N1C(C(=O)OCC(=O)c2ccc3c(c2)S(=O)(=O)c2cc(C(=O)COC(=O)C4CC5(C)CCCC5N4C(=O)OC(C)(C)C)ccc2-3)CC2CCCC21. The number of ketones is 2. The fourth-order valence-electron chi connectivity index (χ4n) is 9.56. The first kappa shape index (κ1) is 41.4. The molecular formula is C43H52N2O12S. The lowest BCUT2D eigenvalue weighted by Gasteiger charge is -2.32. The maximum atomic E-state index is 13.8. The van der Waals surface area contributed by atoms with Crippen molar-refractivity contribution in [1.82, 2.24) is 9.80 Å². The molecule has 4 fully saturated rings. The lowest BCUT2D eigenvalue weighted by Crippen LogP contribution is -2.48. The molecule has 5 aliphatic rings. The van der Waals surface area contributed by atoms with Gasteiger partial charge in [0, 0.05) is 34.3 Å². The average Bonchev–Trinajstić information content (AvgIpc) is 3.93. The molecule has 2 amide bonds. The molecule has 58 heavy (non-hydrogen) atoms. The van der Waals surface area contributed by atoms with Crippen LogP contribution < -0.4 is 0 Å². The monoisotopic (exact) mass is 820 g/mol. The molecule has 2 saturated heterocycles. The van der Waals surface area contributed by atoms with Gasteiger partial charge in [0.05, 0.1) is 9.79 Å². The van der Waals surface area contributed by atoms with Crippen molar-refractivity contribution in [3.8, 4) is 11.1 Å². The summed E-state index contributed by atoms with van der Waals surface area (Å²) in [6, 6.07) is 6.17. The van der Waals surface area contributed by atoms with E-state index in [1.165, 1.54) is 46.2 Å². The average molecular weight is 821 g/mol. The highest BCUT2D eigenvalue weighted by Gasteiger charge is 2.57. The first-order chi connectivity index (χ1) is 27.1. The number of Topliss-reactive ketones (excluding diaryl/α,β-unsaturated/α-hetero) is 2. The number of carbonyl (C=O) groups is 6. The molecular weight excluding hydrogens is 769 g/mol. The Hall–Kier alpha value is -4.79. The van der Waals surface area contributed by atoms with E-state index in [1.807, 2.05) is 6.92 Å². The van der Waals surface area contributed by atoms with Crippen LogP contribution in [0.4, 0.5) is 9.59 Å². The van der Waals surface area contributed by atoms with Gasteiger partial charge in [0.25, 0.3) is 0 Å². The van der Waals surface area contributed by atoms with E-state index in [0.717, 1.165) is 38.5 Å². The normalized spacial score (nSPS) is 26.6. The maximum Gasteiger partial charge on any atom is 0.411 e. The minimum absolute atomic E-state index is 0.00173. The smallest absolute Gasteiger partial charge is 0.411 e. The Morgan fingerprint density at radius 3 is 1.76 bits per heavy atom. The second-order valence-corrected chi connectivity index (χ2v) is 20.4. The van der Waals surface area contributed by atoms with Gasteiger partial charge in [0.1, 0.15) is 23.3 Å². The molecule has 0 spiro atoms. The van der Waals surface area contributed by atoms with Gasteiger partial charge in [-0.1, -0.05) is 44.0 Å². The van der Waals surface area contributed by atoms with E-state index in [0.29, 0.717) is 24.0 Å². The lowest BCUT2D eigenvalue weighted by molar-refractivity contribution is -0.148. The van der Waals surface area contributed by atoms with Gasteiger partial charge in [-0.3, -0.25) is 19.4 Å². The minimum Gasteiger partial charge on any atom is -0.456 e. The van der Waals surface area contributed by atoms with Crippen LogP contribution in [0.2, 0.25) is 0 Å². The van der Waals surface area contributed by atoms with Gasteiger partial charge in [-0.15, -0.1) is 0 Å². The van der Waals surface area contributed by atoms with E-state index in [2.05, 4.69) is 0 Å². The summed E-state index contributed by atoms with van der Waals surface area (Å²) in [5.74, 6) is -2.59. The van der Waals surface area contributed by atoms with Crippen LogP contribution in [0.3, 0.4) is 0 Å². The van der Waals surface area contributed by atoms with Crippen LogP contribution in [0.25, 0.3) is 11.1 Å². The van der Waals surface area contributed by atoms with E-state index < -0.39 is 82.0 Å². The number of carbonyl (C=O) groups excluding carboxylic acids is 6. The number of ether oxygens (including phenoxy) is 4. The summed E-state index contributed by atoms with van der Waals surface area (Å²) < 4.78 is 49.8. The summed E-state index contributed by atoms with van der Waals surface area (Å²) in [4.78, 5) is 82.5. The number of amides is 2. The van der Waals surface area contributed by atoms with Gasteiger partial charge in [0.15, 0.2) is 24.8 Å². The fourth-order valence-corrected chi connectivity index (χ4v) is 11.3. The Bertz CT molecular complexity index is 2190. The molecule has 2 aliphatic carbocycles. The number of likely N-dealkylation sites (tertiary alicyclic amines) is 2. The summed E-state index contributed by atoms with van der Waals surface area (Å²) >= 11 is 0. The summed E-state index contributed by atoms with van der Waals surface area (Å²) in [7, 11) is -4.19. The van der Waals surface area contributed by atoms with Crippen molar-refractivity contribution in [2.75, 3.05) is 13.2 Å². The van der Waals surface area contributed by atoms with Gasteiger partial charge < -0.3 is 18.9 Å². The topological polar surface area (TPSA) is 180 Å². The van der Waals surface area contributed by atoms with Crippen molar-refractivity contribution in [3.63, 3.8) is 0 Å². The minimum atomic E-state index is -4.19. The van der Waals surface area contributed by atoms with E-state index in [4.69, 9.17) is 18.9 Å². The van der Waals surface area contributed by atoms with Crippen LogP contribution in [0.1, 0.15) is 121 Å². The van der Waals surface area contributed by atoms with Crippen LogP contribution in [0, 0.1) is 11.3 Å². The number of hydrogen-bond donors (Lipinski definition) is 0. The summed E-state index contributed by atoms with van der Waals surface area (Å²) in [6.45, 7) is 11.2. The van der Waals surface area contributed by atoms with Gasteiger partial charge in [-0.2, -0.15) is 0 Å². The van der Waals surface area contributed by atoms with E-state index in [9.17, 15) is 37.2 Å². The molecule has 2 aromatic carbocycles. The highest BCUT2D eigenvalue weighted by atomic mass is 32.2. The zero-order valence-electron chi connectivity index (χ0n) is 34.1. The Balaban J connectivity index is 0.999. The number of benzene rings is 2. The molecule has 15 heteroatoms. The van der Waals surface area contributed by atoms with Crippen molar-refractivity contribution in [1.29, 1.82) is 0 Å². The lowest BCUT2D eigenvalue weighted by atomic mass is 9.83.